The number of carboxylic acid groups (broad SMARTS) is 1. The molecule has 3 rings (SSSR count). The van der Waals surface area contributed by atoms with Crippen LogP contribution in [0.1, 0.15) is 117 Å². The Hall–Kier alpha value is -3.75. The number of hydrogen-bond donors (Lipinski definition) is 1. The van der Waals surface area contributed by atoms with Gasteiger partial charge in [-0.05, 0) is 66.6 Å². The van der Waals surface area contributed by atoms with Crippen LogP contribution >= 0.6 is 0 Å². The van der Waals surface area contributed by atoms with Gasteiger partial charge in [0.1, 0.15) is 0 Å². The molecule has 0 aliphatic carbocycles. The van der Waals surface area contributed by atoms with Gasteiger partial charge < -0.3 is 9.84 Å². The average Bonchev–Trinajstić information content (AvgIpc) is 3.01. The molecule has 0 radical (unpaired) electrons. The minimum Gasteiger partial charge on any atom is -0.478 e. The molecule has 0 aliphatic heterocycles. The zero-order valence-electron chi connectivity index (χ0n) is 25.7. The van der Waals surface area contributed by atoms with Crippen molar-refractivity contribution in [2.75, 3.05) is 0 Å². The number of aromatic carboxylic acids is 1. The molecule has 1 heterocycles. The second-order valence-corrected chi connectivity index (χ2v) is 11.2. The summed E-state index contributed by atoms with van der Waals surface area (Å²) in [4.78, 5) is 33.5. The lowest BCUT2D eigenvalue weighted by molar-refractivity contribution is -0.206. The number of rotatable bonds is 18. The van der Waals surface area contributed by atoms with Crippen LogP contribution in [-0.4, -0.2) is 39.3 Å². The van der Waals surface area contributed by atoms with Crippen molar-refractivity contribution in [3.63, 3.8) is 0 Å². The summed E-state index contributed by atoms with van der Waals surface area (Å²) in [6, 6.07) is 10.4. The molecule has 44 heavy (non-hydrogen) atoms. The van der Waals surface area contributed by atoms with E-state index >= 15 is 0 Å². The second-order valence-electron chi connectivity index (χ2n) is 11.2. The molecule has 1 N–H and O–H groups in total. The summed E-state index contributed by atoms with van der Waals surface area (Å²) >= 11 is 0. The quantitative estimate of drug-likeness (QED) is 0.114. The zero-order valence-corrected chi connectivity index (χ0v) is 25.7. The Labute approximate surface area is 258 Å². The van der Waals surface area contributed by atoms with Crippen LogP contribution in [0.5, 0.6) is 0 Å². The maximum Gasteiger partial charge on any atom is 0.425 e. The lowest BCUT2D eigenvalue weighted by atomic mass is 9.96. The lowest BCUT2D eigenvalue weighted by Crippen LogP contribution is -2.33. The van der Waals surface area contributed by atoms with Crippen LogP contribution in [-0.2, 0) is 11.2 Å². The van der Waals surface area contributed by atoms with Gasteiger partial charge in [-0.3, -0.25) is 0 Å². The van der Waals surface area contributed by atoms with Gasteiger partial charge in [0, 0.05) is 18.0 Å². The van der Waals surface area contributed by atoms with Gasteiger partial charge in [0.05, 0.1) is 11.1 Å². The highest BCUT2D eigenvalue weighted by atomic mass is 19.4. The molecule has 1 atom stereocenters. The van der Waals surface area contributed by atoms with Crippen LogP contribution in [0.25, 0.3) is 22.5 Å². The first-order valence-electron chi connectivity index (χ1n) is 15.7. The van der Waals surface area contributed by atoms with Gasteiger partial charge in [-0.1, -0.05) is 89.8 Å². The number of unbranched alkanes of at least 4 members (excludes halogenated alkanes) is 9. The molecule has 2 aromatic carbocycles. The molecule has 9 heteroatoms. The first-order valence-corrected chi connectivity index (χ1v) is 15.7. The molecule has 1 aromatic heterocycles. The van der Waals surface area contributed by atoms with Crippen molar-refractivity contribution in [1.82, 2.24) is 9.97 Å². The number of benzene rings is 2. The summed E-state index contributed by atoms with van der Waals surface area (Å²) in [6.07, 6.45) is 9.48. The van der Waals surface area contributed by atoms with Gasteiger partial charge in [0.15, 0.2) is 11.9 Å². The fraction of sp³-hybridized carbons (Fsp3) is 0.486. The van der Waals surface area contributed by atoms with E-state index in [1.54, 1.807) is 31.5 Å². The molecule has 0 saturated carbocycles. The first kappa shape index (κ1) is 34.7. The number of esters is 1. The van der Waals surface area contributed by atoms with Crippen molar-refractivity contribution >= 4 is 11.9 Å². The van der Waals surface area contributed by atoms with E-state index in [-0.39, 0.29) is 24.0 Å². The number of aromatic nitrogens is 2. The van der Waals surface area contributed by atoms with E-state index in [9.17, 15) is 27.9 Å². The van der Waals surface area contributed by atoms with Crippen molar-refractivity contribution in [3.8, 4) is 22.5 Å². The van der Waals surface area contributed by atoms with Crippen molar-refractivity contribution in [3.05, 3.63) is 71.5 Å². The third kappa shape index (κ3) is 10.8. The predicted molar refractivity (Wildman–Crippen MR) is 166 cm³/mol. The molecule has 0 amide bonds. The van der Waals surface area contributed by atoms with Crippen molar-refractivity contribution in [2.24, 2.45) is 0 Å². The fourth-order valence-electron chi connectivity index (χ4n) is 5.04. The molecule has 0 bridgehead atoms. The van der Waals surface area contributed by atoms with Crippen LogP contribution in [0.2, 0.25) is 0 Å². The van der Waals surface area contributed by atoms with E-state index in [0.29, 0.717) is 28.9 Å². The van der Waals surface area contributed by atoms with E-state index in [1.807, 2.05) is 0 Å². The van der Waals surface area contributed by atoms with E-state index in [4.69, 9.17) is 4.74 Å². The average molecular weight is 613 g/mol. The Morgan fingerprint density at radius 2 is 1.36 bits per heavy atom. The van der Waals surface area contributed by atoms with E-state index in [1.165, 1.54) is 81.7 Å². The van der Waals surface area contributed by atoms with E-state index < -0.39 is 24.2 Å². The van der Waals surface area contributed by atoms with Crippen molar-refractivity contribution < 1.29 is 32.6 Å². The molecule has 0 saturated heterocycles. The SMILES string of the molecule is CCCCCCCCCCCc1cnc(-c2ccc(C(=O)O)c(-c3ccc(C(=O)OC(CCCC)C(F)(F)F)cc3)c2)nc1. The smallest absolute Gasteiger partial charge is 0.425 e. The number of ether oxygens (including phenoxy) is 1. The number of halogens is 3. The van der Waals surface area contributed by atoms with Crippen LogP contribution < -0.4 is 0 Å². The molecule has 1 unspecified atom stereocenters. The normalized spacial score (nSPS) is 12.2. The van der Waals surface area contributed by atoms with Gasteiger partial charge in [-0.25, -0.2) is 19.6 Å². The standard InChI is InChI=1S/C35H43F3N2O4/c1-3-5-7-8-9-10-11-12-13-14-25-23-39-32(40-24-25)28-20-21-29(33(41)42)30(22-28)26-16-18-27(19-17-26)34(43)44-31(15-6-4-2)35(36,37)38/h16-24,31H,3-15H2,1-2H3,(H,41,42). The summed E-state index contributed by atoms with van der Waals surface area (Å²) < 4.78 is 44.7. The Bertz CT molecular complexity index is 1330. The van der Waals surface area contributed by atoms with Gasteiger partial charge in [0.25, 0.3) is 0 Å². The number of carbonyl (C=O) groups excluding carboxylic acids is 1. The first-order chi connectivity index (χ1) is 21.1. The minimum atomic E-state index is -4.66. The summed E-state index contributed by atoms with van der Waals surface area (Å²) in [5.74, 6) is -1.78. The van der Waals surface area contributed by atoms with Crippen LogP contribution in [0.3, 0.4) is 0 Å². The van der Waals surface area contributed by atoms with Gasteiger partial charge in [-0.2, -0.15) is 13.2 Å². The highest BCUT2D eigenvalue weighted by Gasteiger charge is 2.42. The lowest BCUT2D eigenvalue weighted by Gasteiger charge is -2.20. The predicted octanol–water partition coefficient (Wildman–Crippen LogP) is 9.86. The summed E-state index contributed by atoms with van der Waals surface area (Å²) in [7, 11) is 0. The molecule has 0 aliphatic rings. The maximum absolute atomic E-state index is 13.3. The highest BCUT2D eigenvalue weighted by Crippen LogP contribution is 2.31. The molecular formula is C35H43F3N2O4. The van der Waals surface area contributed by atoms with Crippen LogP contribution in [0.4, 0.5) is 13.2 Å². The molecule has 0 spiro atoms. The van der Waals surface area contributed by atoms with Gasteiger partial charge in [-0.15, -0.1) is 0 Å². The molecule has 6 nitrogen and oxygen atoms in total. The Morgan fingerprint density at radius 3 is 1.93 bits per heavy atom. The summed E-state index contributed by atoms with van der Waals surface area (Å²) in [6.45, 7) is 3.99. The second kappa shape index (κ2) is 17.5. The van der Waals surface area contributed by atoms with Crippen LogP contribution in [0.15, 0.2) is 54.9 Å². The largest absolute Gasteiger partial charge is 0.478 e. The Kier molecular flexibility index (Phi) is 13.8. The number of hydrogen-bond acceptors (Lipinski definition) is 5. The topological polar surface area (TPSA) is 89.4 Å². The Morgan fingerprint density at radius 1 is 0.795 bits per heavy atom. The number of carboxylic acids is 1. The number of alkyl halides is 3. The number of aryl methyl sites for hydroxylation is 1. The highest BCUT2D eigenvalue weighted by molar-refractivity contribution is 5.97. The van der Waals surface area contributed by atoms with E-state index in [0.717, 1.165) is 18.4 Å². The Balaban J connectivity index is 1.66. The van der Waals surface area contributed by atoms with Gasteiger partial charge >= 0.3 is 18.1 Å². The van der Waals surface area contributed by atoms with E-state index in [2.05, 4.69) is 16.9 Å². The van der Waals surface area contributed by atoms with Crippen molar-refractivity contribution in [2.45, 2.75) is 110 Å². The molecular weight excluding hydrogens is 569 g/mol. The number of nitrogens with zero attached hydrogens (tertiary/aromatic N) is 2. The van der Waals surface area contributed by atoms with Crippen molar-refractivity contribution in [1.29, 1.82) is 0 Å². The zero-order chi connectivity index (χ0) is 32.0. The number of carbonyl (C=O) groups is 2. The summed E-state index contributed by atoms with van der Waals surface area (Å²) in [5, 5.41) is 9.79. The fourth-order valence-corrected chi connectivity index (χ4v) is 5.04. The maximum atomic E-state index is 13.3. The third-order valence-corrected chi connectivity index (χ3v) is 7.65. The monoisotopic (exact) mass is 612 g/mol. The molecule has 0 fully saturated rings. The summed E-state index contributed by atoms with van der Waals surface area (Å²) in [5.41, 5.74) is 2.48. The van der Waals surface area contributed by atoms with Gasteiger partial charge in [0.2, 0.25) is 0 Å². The molecule has 238 valence electrons. The minimum absolute atomic E-state index is 0.0303. The third-order valence-electron chi connectivity index (χ3n) is 7.65. The van der Waals surface area contributed by atoms with Crippen LogP contribution in [0, 0.1) is 0 Å². The molecule has 3 aromatic rings.